The predicted molar refractivity (Wildman–Crippen MR) is 74.5 cm³/mol. The van der Waals surface area contributed by atoms with E-state index in [2.05, 4.69) is 46.4 Å². The Hall–Kier alpha value is -1.29. The van der Waals surface area contributed by atoms with Gasteiger partial charge >= 0.3 is 0 Å². The zero-order valence-electron chi connectivity index (χ0n) is 10.5. The van der Waals surface area contributed by atoms with Gasteiger partial charge in [0.15, 0.2) is 5.82 Å². The fourth-order valence-electron chi connectivity index (χ4n) is 1.93. The van der Waals surface area contributed by atoms with Crippen LogP contribution in [-0.2, 0) is 11.5 Å². The summed E-state index contributed by atoms with van der Waals surface area (Å²) in [6.07, 6.45) is 2.52. The summed E-state index contributed by atoms with van der Waals surface area (Å²) in [6, 6.07) is 8.54. The number of hydrogen-bond donors (Lipinski definition) is 1. The maximum absolute atomic E-state index is 4.54. The van der Waals surface area contributed by atoms with Crippen molar-refractivity contribution < 1.29 is 0 Å². The Bertz CT molecular complexity index is 531. The van der Waals surface area contributed by atoms with Gasteiger partial charge in [-0.1, -0.05) is 24.3 Å². The van der Waals surface area contributed by atoms with Gasteiger partial charge in [-0.25, -0.2) is 4.98 Å². The molecule has 2 aromatic rings. The highest BCUT2D eigenvalue weighted by Crippen LogP contribution is 2.37. The average molecular weight is 259 g/mol. The van der Waals surface area contributed by atoms with E-state index in [4.69, 9.17) is 0 Å². The van der Waals surface area contributed by atoms with Gasteiger partial charge in [0, 0.05) is 11.7 Å². The summed E-state index contributed by atoms with van der Waals surface area (Å²) in [4.78, 5) is 4.54. The zero-order chi connectivity index (χ0) is 12.4. The fourth-order valence-corrected chi connectivity index (χ4v) is 2.90. The molecule has 1 N–H and O–H groups in total. The molecule has 0 bridgehead atoms. The standard InChI is InChI=1S/C14H17N3S/c1-10-4-2-3-5-12(10)8-18-9-13-15-14(17-16-13)11-6-7-11/h2-5,11H,6-9H2,1H3,(H,15,16,17). The molecule has 0 amide bonds. The highest BCUT2D eigenvalue weighted by molar-refractivity contribution is 7.97. The van der Waals surface area contributed by atoms with E-state index in [1.807, 2.05) is 11.8 Å². The van der Waals surface area contributed by atoms with Gasteiger partial charge in [0.2, 0.25) is 0 Å². The lowest BCUT2D eigenvalue weighted by molar-refractivity contribution is 0.934. The molecule has 1 aromatic carbocycles. The average Bonchev–Trinajstić information content (AvgIpc) is 3.12. The Balaban J connectivity index is 1.53. The number of benzene rings is 1. The van der Waals surface area contributed by atoms with E-state index in [0.29, 0.717) is 5.92 Å². The number of aromatic nitrogens is 3. The molecule has 1 heterocycles. The largest absolute Gasteiger partial charge is 0.262 e. The third kappa shape index (κ3) is 2.75. The molecule has 3 rings (SSSR count). The minimum absolute atomic E-state index is 0.636. The third-order valence-corrected chi connectivity index (χ3v) is 4.24. The van der Waals surface area contributed by atoms with Crippen molar-refractivity contribution in [1.29, 1.82) is 0 Å². The van der Waals surface area contributed by atoms with Crippen LogP contribution < -0.4 is 0 Å². The van der Waals surface area contributed by atoms with Crippen LogP contribution in [0.15, 0.2) is 24.3 Å². The van der Waals surface area contributed by atoms with Crippen LogP contribution in [0.2, 0.25) is 0 Å². The number of nitrogens with zero attached hydrogens (tertiary/aromatic N) is 2. The molecule has 18 heavy (non-hydrogen) atoms. The van der Waals surface area contributed by atoms with Crippen molar-refractivity contribution in [3.8, 4) is 0 Å². The topological polar surface area (TPSA) is 41.6 Å². The molecule has 0 saturated heterocycles. The quantitative estimate of drug-likeness (QED) is 0.894. The Morgan fingerprint density at radius 2 is 2.11 bits per heavy atom. The SMILES string of the molecule is Cc1ccccc1CSCc1nc(C2CC2)n[nH]1. The van der Waals surface area contributed by atoms with Crippen molar-refractivity contribution in [2.24, 2.45) is 0 Å². The van der Waals surface area contributed by atoms with Crippen LogP contribution in [0.5, 0.6) is 0 Å². The molecule has 4 heteroatoms. The summed E-state index contributed by atoms with van der Waals surface area (Å²) in [5, 5.41) is 7.32. The molecular formula is C14H17N3S. The van der Waals surface area contributed by atoms with Gasteiger partial charge in [-0.05, 0) is 30.9 Å². The highest BCUT2D eigenvalue weighted by atomic mass is 32.2. The fraction of sp³-hybridized carbons (Fsp3) is 0.429. The van der Waals surface area contributed by atoms with Crippen LogP contribution in [0.1, 0.15) is 41.5 Å². The second kappa shape index (κ2) is 5.14. The van der Waals surface area contributed by atoms with Crippen LogP contribution in [0.4, 0.5) is 0 Å². The van der Waals surface area contributed by atoms with Crippen molar-refractivity contribution in [2.75, 3.05) is 0 Å². The molecule has 1 saturated carbocycles. The molecule has 0 aliphatic heterocycles. The Morgan fingerprint density at radius 3 is 2.89 bits per heavy atom. The summed E-state index contributed by atoms with van der Waals surface area (Å²) < 4.78 is 0. The van der Waals surface area contributed by atoms with Gasteiger partial charge in [-0.2, -0.15) is 5.10 Å². The maximum Gasteiger partial charge on any atom is 0.153 e. The summed E-state index contributed by atoms with van der Waals surface area (Å²) in [5.41, 5.74) is 2.77. The van der Waals surface area contributed by atoms with Crippen LogP contribution >= 0.6 is 11.8 Å². The second-order valence-corrected chi connectivity index (χ2v) is 5.82. The molecule has 0 spiro atoms. The van der Waals surface area contributed by atoms with Crippen molar-refractivity contribution >= 4 is 11.8 Å². The summed E-state index contributed by atoms with van der Waals surface area (Å²) in [5.74, 6) is 4.61. The number of rotatable bonds is 5. The molecule has 0 unspecified atom stereocenters. The van der Waals surface area contributed by atoms with E-state index in [0.717, 1.165) is 23.2 Å². The molecule has 1 aliphatic rings. The first-order valence-corrected chi connectivity index (χ1v) is 7.52. The molecule has 0 atom stereocenters. The Labute approximate surface area is 111 Å². The molecule has 1 aliphatic carbocycles. The molecule has 94 valence electrons. The first-order chi connectivity index (χ1) is 8.83. The maximum atomic E-state index is 4.54. The van der Waals surface area contributed by atoms with Gasteiger partial charge in [-0.3, -0.25) is 5.10 Å². The number of H-pyrrole nitrogens is 1. The van der Waals surface area contributed by atoms with Crippen molar-refractivity contribution in [3.63, 3.8) is 0 Å². The molecule has 1 aromatic heterocycles. The molecule has 3 nitrogen and oxygen atoms in total. The number of thioether (sulfide) groups is 1. The normalized spacial score (nSPS) is 14.9. The Kier molecular flexibility index (Phi) is 3.37. The smallest absolute Gasteiger partial charge is 0.153 e. The van der Waals surface area contributed by atoms with E-state index < -0.39 is 0 Å². The molecule has 0 radical (unpaired) electrons. The van der Waals surface area contributed by atoms with Crippen molar-refractivity contribution in [2.45, 2.75) is 37.2 Å². The minimum Gasteiger partial charge on any atom is -0.262 e. The van der Waals surface area contributed by atoms with Gasteiger partial charge in [-0.15, -0.1) is 11.8 Å². The number of nitrogens with one attached hydrogen (secondary N) is 1. The van der Waals surface area contributed by atoms with Crippen LogP contribution in [0.25, 0.3) is 0 Å². The number of aromatic amines is 1. The van der Waals surface area contributed by atoms with Crippen LogP contribution in [0, 0.1) is 6.92 Å². The van der Waals surface area contributed by atoms with Gasteiger partial charge in [0.1, 0.15) is 5.82 Å². The van der Waals surface area contributed by atoms with Gasteiger partial charge in [0.05, 0.1) is 5.75 Å². The predicted octanol–water partition coefficient (Wildman–Crippen LogP) is 3.42. The second-order valence-electron chi connectivity index (χ2n) is 4.83. The first kappa shape index (κ1) is 11.8. The lowest BCUT2D eigenvalue weighted by Crippen LogP contribution is -1.89. The Morgan fingerprint density at radius 1 is 1.28 bits per heavy atom. The van der Waals surface area contributed by atoms with E-state index in [9.17, 15) is 0 Å². The van der Waals surface area contributed by atoms with Crippen LogP contribution in [-0.4, -0.2) is 15.2 Å². The summed E-state index contributed by atoms with van der Waals surface area (Å²) in [7, 11) is 0. The lowest BCUT2D eigenvalue weighted by atomic mass is 10.1. The number of hydrogen-bond acceptors (Lipinski definition) is 3. The summed E-state index contributed by atoms with van der Waals surface area (Å²) >= 11 is 1.89. The lowest BCUT2D eigenvalue weighted by Gasteiger charge is -2.03. The summed E-state index contributed by atoms with van der Waals surface area (Å²) in [6.45, 7) is 2.16. The van der Waals surface area contributed by atoms with E-state index in [1.54, 1.807) is 0 Å². The van der Waals surface area contributed by atoms with Gasteiger partial charge < -0.3 is 0 Å². The van der Waals surface area contributed by atoms with Gasteiger partial charge in [0.25, 0.3) is 0 Å². The van der Waals surface area contributed by atoms with Crippen molar-refractivity contribution in [1.82, 2.24) is 15.2 Å². The monoisotopic (exact) mass is 259 g/mol. The van der Waals surface area contributed by atoms with E-state index in [-0.39, 0.29) is 0 Å². The van der Waals surface area contributed by atoms with E-state index in [1.165, 1.54) is 24.0 Å². The number of aryl methyl sites for hydroxylation is 1. The van der Waals surface area contributed by atoms with Crippen molar-refractivity contribution in [3.05, 3.63) is 47.0 Å². The first-order valence-electron chi connectivity index (χ1n) is 6.36. The third-order valence-electron chi connectivity index (χ3n) is 3.25. The van der Waals surface area contributed by atoms with E-state index >= 15 is 0 Å². The highest BCUT2D eigenvalue weighted by Gasteiger charge is 2.27. The molecule has 1 fully saturated rings. The van der Waals surface area contributed by atoms with Crippen LogP contribution in [0.3, 0.4) is 0 Å². The zero-order valence-corrected chi connectivity index (χ0v) is 11.3. The molecular weight excluding hydrogens is 242 g/mol. The minimum atomic E-state index is 0.636.